The first kappa shape index (κ1) is 18.4. The molecule has 1 fully saturated rings. The number of carbonyl (C=O) groups is 1. The molecule has 1 aromatic heterocycles. The van der Waals surface area contributed by atoms with Gasteiger partial charge in [0, 0.05) is 18.0 Å². The Morgan fingerprint density at radius 3 is 1.70 bits per heavy atom. The van der Waals surface area contributed by atoms with Crippen molar-refractivity contribution in [1.29, 1.82) is 0 Å². The highest BCUT2D eigenvalue weighted by atomic mass is 16.1. The van der Waals surface area contributed by atoms with Crippen LogP contribution in [0.3, 0.4) is 0 Å². The van der Waals surface area contributed by atoms with Crippen molar-refractivity contribution in [3.8, 4) is 0 Å². The van der Waals surface area contributed by atoms with Crippen molar-refractivity contribution >= 4 is 5.91 Å². The average Bonchev–Trinajstić information content (AvgIpc) is 3.47. The van der Waals surface area contributed by atoms with Crippen LogP contribution in [0.25, 0.3) is 0 Å². The molecule has 0 aliphatic heterocycles. The van der Waals surface area contributed by atoms with Crippen LogP contribution in [0, 0.1) is 5.92 Å². The zero-order chi connectivity index (χ0) is 20.6. The second-order valence-corrected chi connectivity index (χ2v) is 7.87. The number of benzene rings is 3. The minimum absolute atomic E-state index is 0.104. The lowest BCUT2D eigenvalue weighted by atomic mass is 9.77. The van der Waals surface area contributed by atoms with Crippen molar-refractivity contribution in [1.82, 2.24) is 9.55 Å². The van der Waals surface area contributed by atoms with Crippen LogP contribution in [-0.4, -0.2) is 15.5 Å². The molecule has 1 saturated carbocycles. The molecule has 0 saturated heterocycles. The highest BCUT2D eigenvalue weighted by Crippen LogP contribution is 2.48. The summed E-state index contributed by atoms with van der Waals surface area (Å²) in [6, 6.07) is 31.4. The number of primary amides is 1. The Hall–Kier alpha value is -3.66. The second kappa shape index (κ2) is 7.30. The van der Waals surface area contributed by atoms with Gasteiger partial charge in [0.25, 0.3) is 0 Å². The number of rotatable bonds is 6. The molecule has 1 aliphatic rings. The van der Waals surface area contributed by atoms with E-state index < -0.39 is 5.54 Å². The molecular weight excluding hydrogens is 370 g/mol. The highest BCUT2D eigenvalue weighted by molar-refractivity contribution is 5.80. The first-order chi connectivity index (χ1) is 14.7. The quantitative estimate of drug-likeness (QED) is 0.496. The average molecular weight is 393 g/mol. The Kier molecular flexibility index (Phi) is 4.47. The molecule has 1 heterocycles. The first-order valence-corrected chi connectivity index (χ1v) is 10.2. The Balaban J connectivity index is 1.75. The SMILES string of the molecule is NC(=O)C1CC1c1cn(C(c2ccccc2)(c2ccccc2)c2ccccc2)cn1. The van der Waals surface area contributed by atoms with Crippen molar-refractivity contribution in [3.05, 3.63) is 126 Å². The summed E-state index contributed by atoms with van der Waals surface area (Å²) in [6.07, 6.45) is 4.75. The van der Waals surface area contributed by atoms with Gasteiger partial charge in [-0.1, -0.05) is 91.0 Å². The van der Waals surface area contributed by atoms with Crippen LogP contribution in [0.5, 0.6) is 0 Å². The van der Waals surface area contributed by atoms with Gasteiger partial charge in [-0.05, 0) is 23.1 Å². The number of hydrogen-bond donors (Lipinski definition) is 1. The van der Waals surface area contributed by atoms with E-state index in [9.17, 15) is 4.79 Å². The largest absolute Gasteiger partial charge is 0.369 e. The predicted molar refractivity (Wildman–Crippen MR) is 117 cm³/mol. The highest BCUT2D eigenvalue weighted by Gasteiger charge is 2.45. The van der Waals surface area contributed by atoms with Gasteiger partial charge in [0.1, 0.15) is 5.54 Å². The molecule has 148 valence electrons. The lowest BCUT2D eigenvalue weighted by molar-refractivity contribution is -0.119. The van der Waals surface area contributed by atoms with Crippen LogP contribution < -0.4 is 5.73 Å². The van der Waals surface area contributed by atoms with Gasteiger partial charge in [0.15, 0.2) is 0 Å². The van der Waals surface area contributed by atoms with Crippen molar-refractivity contribution in [3.63, 3.8) is 0 Å². The van der Waals surface area contributed by atoms with Gasteiger partial charge in [-0.25, -0.2) is 4.98 Å². The van der Waals surface area contributed by atoms with Crippen LogP contribution in [0.4, 0.5) is 0 Å². The summed E-state index contributed by atoms with van der Waals surface area (Å²) < 4.78 is 2.18. The number of aromatic nitrogens is 2. The number of nitrogens with zero attached hydrogens (tertiary/aromatic N) is 2. The number of imidazole rings is 1. The van der Waals surface area contributed by atoms with Gasteiger partial charge in [0.05, 0.1) is 12.0 Å². The van der Waals surface area contributed by atoms with E-state index in [1.165, 1.54) is 0 Å². The van der Waals surface area contributed by atoms with Crippen molar-refractivity contribution in [2.45, 2.75) is 17.9 Å². The molecule has 0 spiro atoms. The van der Waals surface area contributed by atoms with E-state index >= 15 is 0 Å². The Labute approximate surface area is 176 Å². The van der Waals surface area contributed by atoms with E-state index in [-0.39, 0.29) is 17.7 Å². The minimum atomic E-state index is -0.577. The maximum absolute atomic E-state index is 11.6. The smallest absolute Gasteiger partial charge is 0.221 e. The fraction of sp³-hybridized carbons (Fsp3) is 0.154. The van der Waals surface area contributed by atoms with Gasteiger partial charge in [-0.3, -0.25) is 4.79 Å². The van der Waals surface area contributed by atoms with Gasteiger partial charge in [-0.2, -0.15) is 0 Å². The standard InChI is InChI=1S/C26H23N3O/c27-25(30)23-16-22(23)24-17-29(18-28-24)26(19-10-4-1-5-11-19,20-12-6-2-7-13-20)21-14-8-3-9-15-21/h1-15,17-18,22-23H,16H2,(H2,27,30). The van der Waals surface area contributed by atoms with Crippen molar-refractivity contribution in [2.75, 3.05) is 0 Å². The van der Waals surface area contributed by atoms with E-state index in [1.807, 2.05) is 24.5 Å². The molecule has 4 aromatic rings. The minimum Gasteiger partial charge on any atom is -0.369 e. The molecule has 30 heavy (non-hydrogen) atoms. The zero-order valence-corrected chi connectivity index (χ0v) is 16.6. The first-order valence-electron chi connectivity index (χ1n) is 10.2. The zero-order valence-electron chi connectivity index (χ0n) is 16.6. The maximum Gasteiger partial charge on any atom is 0.221 e. The van der Waals surface area contributed by atoms with Crippen molar-refractivity contribution < 1.29 is 4.79 Å². The molecule has 5 rings (SSSR count). The molecule has 1 aliphatic carbocycles. The van der Waals surface area contributed by atoms with E-state index in [2.05, 4.69) is 83.6 Å². The Morgan fingerprint density at radius 1 is 0.833 bits per heavy atom. The number of nitrogens with two attached hydrogens (primary N) is 1. The fourth-order valence-electron chi connectivity index (χ4n) is 4.53. The summed E-state index contributed by atoms with van der Waals surface area (Å²) in [7, 11) is 0. The topological polar surface area (TPSA) is 60.9 Å². The van der Waals surface area contributed by atoms with Crippen LogP contribution in [0.1, 0.15) is 34.7 Å². The third kappa shape index (κ3) is 2.92. The third-order valence-electron chi connectivity index (χ3n) is 6.10. The molecule has 0 radical (unpaired) electrons. The monoisotopic (exact) mass is 393 g/mol. The molecule has 4 heteroatoms. The lowest BCUT2D eigenvalue weighted by Gasteiger charge is -2.37. The second-order valence-electron chi connectivity index (χ2n) is 7.87. The van der Waals surface area contributed by atoms with Crippen LogP contribution in [0.15, 0.2) is 104 Å². The molecule has 1 amide bonds. The molecule has 2 N–H and O–H groups in total. The summed E-state index contributed by atoms with van der Waals surface area (Å²) in [5.74, 6) is -0.230. The lowest BCUT2D eigenvalue weighted by Crippen LogP contribution is -2.36. The van der Waals surface area contributed by atoms with E-state index in [0.29, 0.717) is 0 Å². The van der Waals surface area contributed by atoms with Crippen LogP contribution in [0.2, 0.25) is 0 Å². The maximum atomic E-state index is 11.6. The molecule has 2 unspecified atom stereocenters. The molecule has 4 nitrogen and oxygen atoms in total. The van der Waals surface area contributed by atoms with Gasteiger partial charge in [-0.15, -0.1) is 0 Å². The predicted octanol–water partition coefficient (Wildman–Crippen LogP) is 4.31. The third-order valence-corrected chi connectivity index (χ3v) is 6.10. The molecule has 0 bridgehead atoms. The summed E-state index contributed by atoms with van der Waals surface area (Å²) >= 11 is 0. The number of amides is 1. The van der Waals surface area contributed by atoms with E-state index in [1.54, 1.807) is 0 Å². The van der Waals surface area contributed by atoms with E-state index in [4.69, 9.17) is 10.7 Å². The van der Waals surface area contributed by atoms with Crippen molar-refractivity contribution in [2.24, 2.45) is 11.7 Å². The molecule has 2 atom stereocenters. The van der Waals surface area contributed by atoms with Gasteiger partial charge >= 0.3 is 0 Å². The molecule has 3 aromatic carbocycles. The normalized spacial score (nSPS) is 18.1. The summed E-state index contributed by atoms with van der Waals surface area (Å²) in [5, 5.41) is 0. The Morgan fingerprint density at radius 2 is 1.30 bits per heavy atom. The van der Waals surface area contributed by atoms with Crippen LogP contribution in [-0.2, 0) is 10.3 Å². The summed E-state index contributed by atoms with van der Waals surface area (Å²) in [4.78, 5) is 16.3. The van der Waals surface area contributed by atoms with Gasteiger partial charge in [0.2, 0.25) is 5.91 Å². The summed E-state index contributed by atoms with van der Waals surface area (Å²) in [6.45, 7) is 0. The number of carbonyl (C=O) groups excluding carboxylic acids is 1. The van der Waals surface area contributed by atoms with E-state index in [0.717, 1.165) is 28.8 Å². The number of hydrogen-bond acceptors (Lipinski definition) is 2. The van der Waals surface area contributed by atoms with Gasteiger partial charge < -0.3 is 10.3 Å². The van der Waals surface area contributed by atoms with Crippen LogP contribution >= 0.6 is 0 Å². The fourth-order valence-corrected chi connectivity index (χ4v) is 4.53. The Bertz CT molecular complexity index is 1060. The summed E-state index contributed by atoms with van der Waals surface area (Å²) in [5.41, 5.74) is 9.30. The molecular formula is C26H23N3O.